The summed E-state index contributed by atoms with van der Waals surface area (Å²) in [5.74, 6) is -0.246. The largest absolute Gasteiger partial charge is 0.344 e. The number of benzene rings is 1. The van der Waals surface area contributed by atoms with Gasteiger partial charge in [-0.3, -0.25) is 14.1 Å². The number of likely N-dealkylation sites (N-methyl/N-ethyl adjacent to an activating group) is 1. The molecular weight excluding hydrogens is 350 g/mol. The van der Waals surface area contributed by atoms with Crippen LogP contribution < -0.4 is 4.31 Å². The Balaban J connectivity index is 2.06. The van der Waals surface area contributed by atoms with Crippen molar-refractivity contribution < 1.29 is 13.2 Å². The van der Waals surface area contributed by atoms with Crippen molar-refractivity contribution >= 4 is 21.6 Å². The van der Waals surface area contributed by atoms with E-state index in [1.807, 2.05) is 31.2 Å². The second kappa shape index (κ2) is 8.80. The van der Waals surface area contributed by atoms with E-state index in [2.05, 4.69) is 4.98 Å². The molecule has 0 saturated heterocycles. The number of hydrogen-bond acceptors (Lipinski definition) is 4. The van der Waals surface area contributed by atoms with E-state index in [1.165, 1.54) is 0 Å². The van der Waals surface area contributed by atoms with E-state index in [1.54, 1.807) is 36.5 Å². The summed E-state index contributed by atoms with van der Waals surface area (Å²) in [6.07, 6.45) is 6.10. The van der Waals surface area contributed by atoms with Crippen molar-refractivity contribution in [1.29, 1.82) is 0 Å². The van der Waals surface area contributed by atoms with Crippen LogP contribution in [0.1, 0.15) is 18.1 Å². The van der Waals surface area contributed by atoms with Gasteiger partial charge in [0.25, 0.3) is 0 Å². The van der Waals surface area contributed by atoms with Gasteiger partial charge in [-0.05, 0) is 48.2 Å². The molecule has 1 aromatic heterocycles. The third kappa shape index (κ3) is 5.56. The maximum atomic E-state index is 12.5. The molecule has 0 bridgehead atoms. The molecule has 0 radical (unpaired) electrons. The van der Waals surface area contributed by atoms with Crippen LogP contribution in [0.25, 0.3) is 0 Å². The second-order valence-corrected chi connectivity index (χ2v) is 8.12. The number of anilines is 1. The molecule has 0 unspecified atom stereocenters. The fourth-order valence-corrected chi connectivity index (χ4v) is 3.36. The van der Waals surface area contributed by atoms with E-state index in [-0.39, 0.29) is 12.5 Å². The fourth-order valence-electron chi connectivity index (χ4n) is 2.51. The highest BCUT2D eigenvalue weighted by molar-refractivity contribution is 7.92. The zero-order chi connectivity index (χ0) is 19.2. The van der Waals surface area contributed by atoms with E-state index in [0.29, 0.717) is 18.7 Å². The summed E-state index contributed by atoms with van der Waals surface area (Å²) in [7, 11) is -1.87. The summed E-state index contributed by atoms with van der Waals surface area (Å²) in [5, 5.41) is 0. The van der Waals surface area contributed by atoms with Crippen LogP contribution in [0.2, 0.25) is 0 Å². The molecule has 140 valence electrons. The Morgan fingerprint density at radius 3 is 2.19 bits per heavy atom. The molecule has 2 rings (SSSR count). The van der Waals surface area contributed by atoms with Gasteiger partial charge < -0.3 is 4.90 Å². The number of amides is 1. The number of aryl methyl sites for hydroxylation is 1. The lowest BCUT2D eigenvalue weighted by atomic mass is 10.1. The Kier molecular flexibility index (Phi) is 6.74. The molecular formula is C19H25N3O3S. The van der Waals surface area contributed by atoms with Crippen molar-refractivity contribution in [2.75, 3.05) is 30.7 Å². The molecule has 0 aliphatic rings. The summed E-state index contributed by atoms with van der Waals surface area (Å²) in [4.78, 5) is 18.0. The van der Waals surface area contributed by atoms with Crippen LogP contribution in [-0.4, -0.2) is 50.6 Å². The van der Waals surface area contributed by atoms with Gasteiger partial charge in [0.2, 0.25) is 15.9 Å². The summed E-state index contributed by atoms with van der Waals surface area (Å²) >= 11 is 0. The maximum absolute atomic E-state index is 12.5. The molecule has 0 atom stereocenters. The number of aromatic nitrogens is 1. The molecule has 2 aromatic rings. The van der Waals surface area contributed by atoms with Crippen molar-refractivity contribution in [2.24, 2.45) is 0 Å². The van der Waals surface area contributed by atoms with Gasteiger partial charge in [0.1, 0.15) is 6.54 Å². The highest BCUT2D eigenvalue weighted by Gasteiger charge is 2.22. The molecule has 0 N–H and O–H groups in total. The van der Waals surface area contributed by atoms with E-state index < -0.39 is 10.0 Å². The molecule has 1 heterocycles. The topological polar surface area (TPSA) is 70.6 Å². The van der Waals surface area contributed by atoms with Gasteiger partial charge in [-0.15, -0.1) is 0 Å². The average Bonchev–Trinajstić information content (AvgIpc) is 2.64. The lowest BCUT2D eigenvalue weighted by Gasteiger charge is -2.25. The van der Waals surface area contributed by atoms with E-state index >= 15 is 0 Å². The molecule has 0 aliphatic carbocycles. The molecule has 26 heavy (non-hydrogen) atoms. The summed E-state index contributed by atoms with van der Waals surface area (Å²) in [6, 6.07) is 11.0. The van der Waals surface area contributed by atoms with Crippen molar-refractivity contribution in [3.05, 3.63) is 59.9 Å². The normalized spacial score (nSPS) is 11.2. The number of sulfonamides is 1. The maximum Gasteiger partial charge on any atom is 0.243 e. The van der Waals surface area contributed by atoms with E-state index in [0.717, 1.165) is 28.1 Å². The molecule has 6 nitrogen and oxygen atoms in total. The predicted molar refractivity (Wildman–Crippen MR) is 104 cm³/mol. The Labute approximate surface area is 155 Å². The standard InChI is InChI=1S/C19H25N3O3S/c1-4-16-5-7-18(8-6-16)22(26(3,24)25)15-19(23)21(2)14-11-17-9-12-20-13-10-17/h5-10,12-13H,4,11,14-15H2,1-3H3. The molecule has 0 fully saturated rings. The highest BCUT2D eigenvalue weighted by Crippen LogP contribution is 2.18. The number of rotatable bonds is 8. The Hall–Kier alpha value is -2.41. The number of hydrogen-bond donors (Lipinski definition) is 0. The van der Waals surface area contributed by atoms with Crippen LogP contribution in [0.3, 0.4) is 0 Å². The van der Waals surface area contributed by atoms with Crippen LogP contribution >= 0.6 is 0 Å². The third-order valence-corrected chi connectivity index (χ3v) is 5.36. The zero-order valence-corrected chi connectivity index (χ0v) is 16.2. The summed E-state index contributed by atoms with van der Waals surface area (Å²) in [5.41, 5.74) is 2.69. The smallest absolute Gasteiger partial charge is 0.243 e. The molecule has 0 saturated carbocycles. The third-order valence-electron chi connectivity index (χ3n) is 4.22. The van der Waals surface area contributed by atoms with Crippen LogP contribution in [0.15, 0.2) is 48.8 Å². The molecule has 7 heteroatoms. The summed E-state index contributed by atoms with van der Waals surface area (Å²) in [6.45, 7) is 2.33. The average molecular weight is 375 g/mol. The van der Waals surface area contributed by atoms with Crippen LogP contribution in [-0.2, 0) is 27.7 Å². The molecule has 0 spiro atoms. The fraction of sp³-hybridized carbons (Fsp3) is 0.368. The summed E-state index contributed by atoms with van der Waals surface area (Å²) < 4.78 is 25.5. The van der Waals surface area contributed by atoms with Gasteiger partial charge in [0.05, 0.1) is 11.9 Å². The Bertz CT molecular complexity index is 821. The van der Waals surface area contributed by atoms with Gasteiger partial charge in [0.15, 0.2) is 0 Å². The van der Waals surface area contributed by atoms with Crippen LogP contribution in [0.4, 0.5) is 5.69 Å². The SMILES string of the molecule is CCc1ccc(N(CC(=O)N(C)CCc2ccncc2)S(C)(=O)=O)cc1. The van der Waals surface area contributed by atoms with Gasteiger partial charge in [-0.1, -0.05) is 19.1 Å². The zero-order valence-electron chi connectivity index (χ0n) is 15.4. The van der Waals surface area contributed by atoms with Crippen molar-refractivity contribution in [3.63, 3.8) is 0 Å². The quantitative estimate of drug-likeness (QED) is 0.709. The first-order chi connectivity index (χ1) is 12.3. The van der Waals surface area contributed by atoms with Gasteiger partial charge >= 0.3 is 0 Å². The van der Waals surface area contributed by atoms with E-state index in [9.17, 15) is 13.2 Å². The second-order valence-electron chi connectivity index (χ2n) is 6.21. The first-order valence-electron chi connectivity index (χ1n) is 8.50. The first kappa shape index (κ1) is 19.9. The van der Waals surface area contributed by atoms with Crippen molar-refractivity contribution in [3.8, 4) is 0 Å². The molecule has 0 aliphatic heterocycles. The van der Waals surface area contributed by atoms with Gasteiger partial charge in [-0.2, -0.15) is 0 Å². The first-order valence-corrected chi connectivity index (χ1v) is 10.4. The molecule has 1 aromatic carbocycles. The van der Waals surface area contributed by atoms with Crippen molar-refractivity contribution in [1.82, 2.24) is 9.88 Å². The number of carbonyl (C=O) groups is 1. The van der Waals surface area contributed by atoms with E-state index in [4.69, 9.17) is 0 Å². The minimum absolute atomic E-state index is 0.211. The van der Waals surface area contributed by atoms with Crippen molar-refractivity contribution in [2.45, 2.75) is 19.8 Å². The Morgan fingerprint density at radius 1 is 1.04 bits per heavy atom. The predicted octanol–water partition coefficient (Wildman–Crippen LogP) is 2.11. The van der Waals surface area contributed by atoms with Gasteiger partial charge in [0, 0.05) is 26.0 Å². The lowest BCUT2D eigenvalue weighted by Crippen LogP contribution is -2.41. The minimum Gasteiger partial charge on any atom is -0.344 e. The number of pyridine rings is 1. The lowest BCUT2D eigenvalue weighted by molar-refractivity contribution is -0.128. The highest BCUT2D eigenvalue weighted by atomic mass is 32.2. The number of nitrogens with zero attached hydrogens (tertiary/aromatic N) is 3. The minimum atomic E-state index is -3.56. The monoisotopic (exact) mass is 375 g/mol. The van der Waals surface area contributed by atoms with Crippen LogP contribution in [0.5, 0.6) is 0 Å². The van der Waals surface area contributed by atoms with Crippen LogP contribution in [0, 0.1) is 0 Å². The Morgan fingerprint density at radius 2 is 1.65 bits per heavy atom. The number of carbonyl (C=O) groups excluding carboxylic acids is 1. The molecule has 1 amide bonds. The van der Waals surface area contributed by atoms with Gasteiger partial charge in [-0.25, -0.2) is 8.42 Å².